The van der Waals surface area contributed by atoms with Gasteiger partial charge in [0.05, 0.1) is 23.1 Å². The first kappa shape index (κ1) is 12.4. The molecule has 1 aromatic carbocycles. The first-order valence-corrected chi connectivity index (χ1v) is 5.97. The zero-order valence-corrected chi connectivity index (χ0v) is 10.7. The fourth-order valence-corrected chi connectivity index (χ4v) is 1.47. The van der Waals surface area contributed by atoms with Crippen LogP contribution in [-0.2, 0) is 0 Å². The smallest absolute Gasteiger partial charge is 0.335 e. The van der Waals surface area contributed by atoms with E-state index in [1.807, 2.05) is 31.2 Å². The molecule has 0 atom stereocenters. The Morgan fingerprint density at radius 1 is 1.39 bits per heavy atom. The molecule has 0 amide bonds. The van der Waals surface area contributed by atoms with Crippen LogP contribution in [0, 0.1) is 0 Å². The van der Waals surface area contributed by atoms with E-state index in [0.29, 0.717) is 12.6 Å². The summed E-state index contributed by atoms with van der Waals surface area (Å²) >= 11 is 4.54. The van der Waals surface area contributed by atoms with Crippen LogP contribution in [0.5, 0.6) is 6.01 Å². The summed E-state index contributed by atoms with van der Waals surface area (Å²) in [5, 5.41) is 6.53. The Hall–Kier alpha value is -2.04. The molecule has 0 saturated carbocycles. The van der Waals surface area contributed by atoms with Crippen molar-refractivity contribution < 1.29 is 4.74 Å². The van der Waals surface area contributed by atoms with E-state index in [0.717, 1.165) is 17.8 Å². The van der Waals surface area contributed by atoms with Crippen molar-refractivity contribution in [2.24, 2.45) is 4.99 Å². The number of aromatic nitrogens is 3. The van der Waals surface area contributed by atoms with Gasteiger partial charge < -0.3 is 4.74 Å². The number of thiocarbonyl (C=S) groups is 1. The van der Waals surface area contributed by atoms with Crippen LogP contribution in [-0.4, -0.2) is 26.5 Å². The summed E-state index contributed by atoms with van der Waals surface area (Å²) in [5.41, 5.74) is 1.65. The van der Waals surface area contributed by atoms with Crippen molar-refractivity contribution in [2.75, 3.05) is 6.61 Å². The second-order valence-electron chi connectivity index (χ2n) is 3.54. The van der Waals surface area contributed by atoms with Crippen LogP contribution in [0.4, 0.5) is 5.69 Å². The van der Waals surface area contributed by atoms with E-state index in [1.54, 1.807) is 11.0 Å². The first-order valence-electron chi connectivity index (χ1n) is 5.56. The monoisotopic (exact) mass is 260 g/mol. The van der Waals surface area contributed by atoms with E-state index >= 15 is 0 Å². The van der Waals surface area contributed by atoms with E-state index in [1.165, 1.54) is 0 Å². The molecule has 0 bridgehead atoms. The van der Waals surface area contributed by atoms with Crippen molar-refractivity contribution in [1.29, 1.82) is 0 Å². The third-order valence-electron chi connectivity index (χ3n) is 2.20. The lowest BCUT2D eigenvalue weighted by Crippen LogP contribution is -1.98. The highest BCUT2D eigenvalue weighted by Crippen LogP contribution is 2.15. The molecular weight excluding hydrogens is 248 g/mol. The van der Waals surface area contributed by atoms with Gasteiger partial charge in [0.25, 0.3) is 0 Å². The van der Waals surface area contributed by atoms with Crippen LogP contribution in [0.15, 0.2) is 35.6 Å². The highest BCUT2D eigenvalue weighted by atomic mass is 32.1. The predicted octanol–water partition coefficient (Wildman–Crippen LogP) is 2.79. The molecule has 0 fully saturated rings. The van der Waals surface area contributed by atoms with E-state index in [-0.39, 0.29) is 0 Å². The van der Waals surface area contributed by atoms with Crippen LogP contribution >= 0.6 is 12.2 Å². The van der Waals surface area contributed by atoms with Gasteiger partial charge in [-0.1, -0.05) is 6.92 Å². The van der Waals surface area contributed by atoms with Crippen LogP contribution in [0.3, 0.4) is 0 Å². The van der Waals surface area contributed by atoms with Crippen LogP contribution in [0.25, 0.3) is 5.69 Å². The van der Waals surface area contributed by atoms with E-state index in [9.17, 15) is 0 Å². The third-order valence-corrected chi connectivity index (χ3v) is 2.29. The number of isothiocyanates is 1. The maximum Gasteiger partial charge on any atom is 0.335 e. The normalized spacial score (nSPS) is 9.83. The number of aliphatic imine (C=N–C) groups is 1. The second-order valence-corrected chi connectivity index (χ2v) is 3.72. The summed E-state index contributed by atoms with van der Waals surface area (Å²) < 4.78 is 6.98. The number of hydrogen-bond donors (Lipinski definition) is 0. The van der Waals surface area contributed by atoms with Gasteiger partial charge >= 0.3 is 6.01 Å². The van der Waals surface area contributed by atoms with Crippen molar-refractivity contribution in [3.05, 3.63) is 30.6 Å². The maximum absolute atomic E-state index is 5.33. The van der Waals surface area contributed by atoms with Crippen molar-refractivity contribution >= 4 is 23.1 Å². The lowest BCUT2D eigenvalue weighted by Gasteiger charge is -2.00. The summed E-state index contributed by atoms with van der Waals surface area (Å²) in [7, 11) is 0. The van der Waals surface area contributed by atoms with E-state index < -0.39 is 0 Å². The van der Waals surface area contributed by atoms with Gasteiger partial charge in [0.1, 0.15) is 6.33 Å². The van der Waals surface area contributed by atoms with E-state index in [2.05, 4.69) is 32.5 Å². The molecule has 6 heteroatoms. The Morgan fingerprint density at radius 3 is 2.83 bits per heavy atom. The SMILES string of the molecule is CCCOc1ncn(-c2ccc(N=C=S)cc2)n1. The molecule has 1 aromatic heterocycles. The van der Waals surface area contributed by atoms with Gasteiger partial charge in [-0.15, -0.1) is 5.10 Å². The minimum absolute atomic E-state index is 0.387. The molecule has 2 rings (SSSR count). The molecule has 0 saturated heterocycles. The topological polar surface area (TPSA) is 52.3 Å². The molecule has 92 valence electrons. The molecular formula is C12H12N4OS. The highest BCUT2D eigenvalue weighted by Gasteiger charge is 2.03. The number of nitrogens with zero attached hydrogens (tertiary/aromatic N) is 4. The van der Waals surface area contributed by atoms with Gasteiger partial charge in [-0.3, -0.25) is 0 Å². The van der Waals surface area contributed by atoms with Gasteiger partial charge in [0, 0.05) is 0 Å². The largest absolute Gasteiger partial charge is 0.462 e. The average Bonchev–Trinajstić information content (AvgIpc) is 2.86. The average molecular weight is 260 g/mol. The molecule has 0 aliphatic heterocycles. The zero-order chi connectivity index (χ0) is 12.8. The molecule has 0 aliphatic carbocycles. The Balaban J connectivity index is 2.15. The van der Waals surface area contributed by atoms with E-state index in [4.69, 9.17) is 4.74 Å². The van der Waals surface area contributed by atoms with Gasteiger partial charge in [-0.25, -0.2) is 4.68 Å². The number of ether oxygens (including phenoxy) is 1. The molecule has 5 nitrogen and oxygen atoms in total. The van der Waals surface area contributed by atoms with Crippen molar-refractivity contribution in [3.63, 3.8) is 0 Å². The molecule has 1 heterocycles. The third kappa shape index (κ3) is 3.00. The van der Waals surface area contributed by atoms with Crippen LogP contribution in [0.1, 0.15) is 13.3 Å². The molecule has 0 aliphatic rings. The Labute approximate surface area is 110 Å². The van der Waals surface area contributed by atoms with Crippen LogP contribution < -0.4 is 4.74 Å². The Kier molecular flexibility index (Phi) is 4.17. The fourth-order valence-electron chi connectivity index (χ4n) is 1.36. The van der Waals surface area contributed by atoms with Crippen molar-refractivity contribution in [1.82, 2.24) is 14.8 Å². The predicted molar refractivity (Wildman–Crippen MR) is 71.8 cm³/mol. The lowest BCUT2D eigenvalue weighted by atomic mass is 10.3. The molecule has 0 radical (unpaired) electrons. The van der Waals surface area contributed by atoms with Gasteiger partial charge in [0.15, 0.2) is 0 Å². The summed E-state index contributed by atoms with van der Waals surface area (Å²) in [6.45, 7) is 2.65. The van der Waals surface area contributed by atoms with Gasteiger partial charge in [-0.2, -0.15) is 9.98 Å². The van der Waals surface area contributed by atoms with Crippen molar-refractivity contribution in [2.45, 2.75) is 13.3 Å². The van der Waals surface area contributed by atoms with Gasteiger partial charge in [-0.05, 0) is 42.9 Å². The quantitative estimate of drug-likeness (QED) is 0.612. The molecule has 18 heavy (non-hydrogen) atoms. The fraction of sp³-hybridized carbons (Fsp3) is 0.250. The molecule has 2 aromatic rings. The Morgan fingerprint density at radius 2 is 2.17 bits per heavy atom. The number of benzene rings is 1. The molecule has 0 spiro atoms. The maximum atomic E-state index is 5.33. The highest BCUT2D eigenvalue weighted by molar-refractivity contribution is 7.78. The summed E-state index contributed by atoms with van der Waals surface area (Å²) in [5.74, 6) is 0. The number of rotatable bonds is 5. The van der Waals surface area contributed by atoms with Crippen molar-refractivity contribution in [3.8, 4) is 11.7 Å². The number of hydrogen-bond acceptors (Lipinski definition) is 5. The minimum atomic E-state index is 0.387. The standard InChI is InChI=1S/C12H12N4OS/c1-2-7-17-12-13-8-16(15-12)11-5-3-10(4-6-11)14-9-18/h3-6,8H,2,7H2,1H3. The second kappa shape index (κ2) is 6.05. The summed E-state index contributed by atoms with van der Waals surface area (Å²) in [4.78, 5) is 7.95. The van der Waals surface area contributed by atoms with Gasteiger partial charge in [0.2, 0.25) is 0 Å². The zero-order valence-electron chi connectivity index (χ0n) is 9.91. The lowest BCUT2D eigenvalue weighted by molar-refractivity contribution is 0.292. The summed E-state index contributed by atoms with van der Waals surface area (Å²) in [6, 6.07) is 7.82. The minimum Gasteiger partial charge on any atom is -0.462 e. The first-order chi connectivity index (χ1) is 8.83. The Bertz CT molecular complexity index is 558. The molecule has 0 unspecified atom stereocenters. The summed E-state index contributed by atoms with van der Waals surface area (Å²) in [6.07, 6.45) is 2.54. The van der Waals surface area contributed by atoms with Crippen LogP contribution in [0.2, 0.25) is 0 Å². The molecule has 0 N–H and O–H groups in total.